The summed E-state index contributed by atoms with van der Waals surface area (Å²) in [5.41, 5.74) is 2.24. The highest BCUT2D eigenvalue weighted by molar-refractivity contribution is 5.95. The van der Waals surface area contributed by atoms with Crippen LogP contribution in [0.2, 0.25) is 0 Å². The molecule has 1 amide bonds. The molecule has 1 aliphatic rings. The van der Waals surface area contributed by atoms with E-state index in [1.807, 2.05) is 60.4 Å². The topological polar surface area (TPSA) is 49.8 Å². The molecule has 0 radical (unpaired) electrons. The Balaban J connectivity index is 1.54. The van der Waals surface area contributed by atoms with Gasteiger partial charge in [-0.15, -0.1) is 0 Å². The third-order valence-electron chi connectivity index (χ3n) is 4.63. The number of likely N-dealkylation sites (tertiary alicyclic amines) is 1. The van der Waals surface area contributed by atoms with E-state index in [1.165, 1.54) is 0 Å². The zero-order chi connectivity index (χ0) is 18.7. The first-order chi connectivity index (χ1) is 12.3. The largest absolute Gasteiger partial charge is 0.487 e. The summed E-state index contributed by atoms with van der Waals surface area (Å²) in [6, 6.07) is 15.7. The molecule has 0 atom stereocenters. The van der Waals surface area contributed by atoms with E-state index in [9.17, 15) is 9.90 Å². The summed E-state index contributed by atoms with van der Waals surface area (Å²) in [6.45, 7) is 6.86. The number of rotatable bonds is 6. The van der Waals surface area contributed by atoms with E-state index in [2.05, 4.69) is 0 Å². The van der Waals surface area contributed by atoms with E-state index >= 15 is 0 Å². The summed E-state index contributed by atoms with van der Waals surface area (Å²) in [7, 11) is 0. The molecule has 0 spiro atoms. The van der Waals surface area contributed by atoms with Crippen LogP contribution in [0.5, 0.6) is 5.75 Å². The first kappa shape index (κ1) is 18.5. The standard InChI is InChI=1S/C22H27NO3/c1-16-6-4-9-19(12-16)26-20-14-23(15-20)21(24)18-8-5-7-17(13-18)10-11-22(2,3)25/h4-9,12-13,20,25H,10-11,14-15H2,1-3H3. The van der Waals surface area contributed by atoms with Gasteiger partial charge in [0.1, 0.15) is 11.9 Å². The summed E-state index contributed by atoms with van der Waals surface area (Å²) < 4.78 is 5.93. The van der Waals surface area contributed by atoms with Gasteiger partial charge in [0.15, 0.2) is 0 Å². The van der Waals surface area contributed by atoms with Gasteiger partial charge in [0, 0.05) is 5.56 Å². The highest BCUT2D eigenvalue weighted by atomic mass is 16.5. The zero-order valence-corrected chi connectivity index (χ0v) is 15.7. The second-order valence-corrected chi connectivity index (χ2v) is 7.78. The molecule has 2 aromatic rings. The molecular formula is C22H27NO3. The molecule has 0 bridgehead atoms. The van der Waals surface area contributed by atoms with Gasteiger partial charge in [0.05, 0.1) is 18.7 Å². The van der Waals surface area contributed by atoms with Crippen LogP contribution in [0.25, 0.3) is 0 Å². The Bertz CT molecular complexity index is 773. The fraction of sp³-hybridized carbons (Fsp3) is 0.409. The van der Waals surface area contributed by atoms with Crippen LogP contribution in [0.3, 0.4) is 0 Å². The molecule has 0 saturated carbocycles. The predicted molar refractivity (Wildman–Crippen MR) is 103 cm³/mol. The van der Waals surface area contributed by atoms with Crippen molar-refractivity contribution in [2.45, 2.75) is 45.3 Å². The molecule has 1 aliphatic heterocycles. The van der Waals surface area contributed by atoms with E-state index in [-0.39, 0.29) is 12.0 Å². The summed E-state index contributed by atoms with van der Waals surface area (Å²) in [5, 5.41) is 9.87. The maximum absolute atomic E-state index is 12.7. The number of carbonyl (C=O) groups is 1. The van der Waals surface area contributed by atoms with Crippen molar-refractivity contribution in [1.29, 1.82) is 0 Å². The Morgan fingerprint density at radius 2 is 1.92 bits per heavy atom. The van der Waals surface area contributed by atoms with Crippen molar-refractivity contribution in [3.05, 3.63) is 65.2 Å². The fourth-order valence-electron chi connectivity index (χ4n) is 3.05. The van der Waals surface area contributed by atoms with Crippen LogP contribution >= 0.6 is 0 Å². The van der Waals surface area contributed by atoms with Gasteiger partial charge in [-0.2, -0.15) is 0 Å². The highest BCUT2D eigenvalue weighted by Crippen LogP contribution is 2.21. The summed E-state index contributed by atoms with van der Waals surface area (Å²) in [6.07, 6.45) is 1.48. The van der Waals surface area contributed by atoms with Gasteiger partial charge in [-0.3, -0.25) is 4.79 Å². The molecule has 0 aliphatic carbocycles. The molecule has 3 rings (SSSR count). The number of carbonyl (C=O) groups excluding carboxylic acids is 1. The van der Waals surface area contributed by atoms with E-state index < -0.39 is 5.60 Å². The number of hydrogen-bond acceptors (Lipinski definition) is 3. The van der Waals surface area contributed by atoms with Crippen LogP contribution in [0, 0.1) is 6.92 Å². The Labute approximate surface area is 155 Å². The van der Waals surface area contributed by atoms with E-state index in [4.69, 9.17) is 4.74 Å². The molecule has 0 aromatic heterocycles. The van der Waals surface area contributed by atoms with Crippen LogP contribution < -0.4 is 4.74 Å². The summed E-state index contributed by atoms with van der Waals surface area (Å²) >= 11 is 0. The van der Waals surface area contributed by atoms with E-state index in [1.54, 1.807) is 13.8 Å². The molecular weight excluding hydrogens is 326 g/mol. The average Bonchev–Trinajstić information content (AvgIpc) is 2.55. The maximum atomic E-state index is 12.7. The van der Waals surface area contributed by atoms with E-state index in [0.29, 0.717) is 25.1 Å². The molecule has 4 heteroatoms. The Morgan fingerprint density at radius 3 is 2.62 bits per heavy atom. The molecule has 26 heavy (non-hydrogen) atoms. The van der Waals surface area contributed by atoms with Gasteiger partial charge in [0.2, 0.25) is 0 Å². The van der Waals surface area contributed by atoms with Gasteiger partial charge < -0.3 is 14.7 Å². The number of aliphatic hydroxyl groups is 1. The molecule has 1 N–H and O–H groups in total. The van der Waals surface area contributed by atoms with Gasteiger partial charge >= 0.3 is 0 Å². The number of benzene rings is 2. The molecule has 4 nitrogen and oxygen atoms in total. The minimum atomic E-state index is -0.697. The first-order valence-electron chi connectivity index (χ1n) is 9.14. The summed E-state index contributed by atoms with van der Waals surface area (Å²) in [4.78, 5) is 14.5. The molecule has 0 unspecified atom stereocenters. The number of hydrogen-bond donors (Lipinski definition) is 1. The predicted octanol–water partition coefficient (Wildman–Crippen LogP) is 3.60. The van der Waals surface area contributed by atoms with Crippen molar-refractivity contribution in [3.63, 3.8) is 0 Å². The normalized spacial score (nSPS) is 14.8. The third-order valence-corrected chi connectivity index (χ3v) is 4.63. The second kappa shape index (κ2) is 7.50. The number of ether oxygens (including phenoxy) is 1. The molecule has 1 heterocycles. The van der Waals surface area contributed by atoms with Crippen LogP contribution in [0.1, 0.15) is 41.8 Å². The van der Waals surface area contributed by atoms with Crippen LogP contribution in [-0.4, -0.2) is 40.7 Å². The smallest absolute Gasteiger partial charge is 0.254 e. The molecule has 1 fully saturated rings. The van der Waals surface area contributed by atoms with Gasteiger partial charge in [-0.25, -0.2) is 0 Å². The Hall–Kier alpha value is -2.33. The zero-order valence-electron chi connectivity index (χ0n) is 15.7. The second-order valence-electron chi connectivity index (χ2n) is 7.78. The van der Waals surface area contributed by atoms with Gasteiger partial charge in [-0.1, -0.05) is 24.3 Å². The lowest BCUT2D eigenvalue weighted by atomic mass is 9.97. The minimum Gasteiger partial charge on any atom is -0.487 e. The van der Waals surface area contributed by atoms with Crippen LogP contribution in [-0.2, 0) is 6.42 Å². The quantitative estimate of drug-likeness (QED) is 0.863. The molecule has 138 valence electrons. The van der Waals surface area contributed by atoms with Gasteiger partial charge in [-0.05, 0) is 69.0 Å². The number of nitrogens with zero attached hydrogens (tertiary/aromatic N) is 1. The SMILES string of the molecule is Cc1cccc(OC2CN(C(=O)c3cccc(CCC(C)(C)O)c3)C2)c1. The van der Waals surface area contributed by atoms with Crippen molar-refractivity contribution in [3.8, 4) is 5.75 Å². The summed E-state index contributed by atoms with van der Waals surface area (Å²) in [5.74, 6) is 0.898. The van der Waals surface area contributed by atoms with Crippen molar-refractivity contribution in [1.82, 2.24) is 4.90 Å². The Morgan fingerprint density at radius 1 is 1.19 bits per heavy atom. The third kappa shape index (κ3) is 4.85. The highest BCUT2D eigenvalue weighted by Gasteiger charge is 2.32. The lowest BCUT2D eigenvalue weighted by Gasteiger charge is -2.39. The van der Waals surface area contributed by atoms with Gasteiger partial charge in [0.25, 0.3) is 5.91 Å². The lowest BCUT2D eigenvalue weighted by Crippen LogP contribution is -2.56. The maximum Gasteiger partial charge on any atom is 0.254 e. The monoisotopic (exact) mass is 353 g/mol. The van der Waals surface area contributed by atoms with Crippen molar-refractivity contribution < 1.29 is 14.6 Å². The Kier molecular flexibility index (Phi) is 5.33. The number of aryl methyl sites for hydroxylation is 2. The lowest BCUT2D eigenvalue weighted by molar-refractivity contribution is 0.0177. The van der Waals surface area contributed by atoms with E-state index in [0.717, 1.165) is 23.3 Å². The molecule has 2 aromatic carbocycles. The molecule has 1 saturated heterocycles. The van der Waals surface area contributed by atoms with Crippen molar-refractivity contribution >= 4 is 5.91 Å². The van der Waals surface area contributed by atoms with Crippen LogP contribution in [0.4, 0.5) is 0 Å². The minimum absolute atomic E-state index is 0.0409. The first-order valence-corrected chi connectivity index (χ1v) is 9.14. The average molecular weight is 353 g/mol. The van der Waals surface area contributed by atoms with Crippen molar-refractivity contribution in [2.24, 2.45) is 0 Å². The number of amides is 1. The fourth-order valence-corrected chi connectivity index (χ4v) is 3.05. The van der Waals surface area contributed by atoms with Crippen molar-refractivity contribution in [2.75, 3.05) is 13.1 Å². The van der Waals surface area contributed by atoms with Crippen LogP contribution in [0.15, 0.2) is 48.5 Å².